The average Bonchev–Trinajstić information content (AvgIpc) is 3.09. The summed E-state index contributed by atoms with van der Waals surface area (Å²) in [5.74, 6) is 1.40. The van der Waals surface area contributed by atoms with Gasteiger partial charge < -0.3 is 10.5 Å². The van der Waals surface area contributed by atoms with Crippen molar-refractivity contribution in [1.82, 2.24) is 4.90 Å². The molecule has 0 radical (unpaired) electrons. The number of hydrogen-bond donors (Lipinski definition) is 1. The molecule has 1 aromatic carbocycles. The van der Waals surface area contributed by atoms with E-state index in [-0.39, 0.29) is 0 Å². The van der Waals surface area contributed by atoms with E-state index in [9.17, 15) is 4.79 Å². The Labute approximate surface area is 113 Å². The van der Waals surface area contributed by atoms with Crippen molar-refractivity contribution in [1.29, 1.82) is 0 Å². The van der Waals surface area contributed by atoms with Crippen molar-refractivity contribution < 1.29 is 9.53 Å². The molecule has 1 heterocycles. The maximum Gasteiger partial charge on any atom is 0.248 e. The number of carbonyl (C=O) groups excluding carboxylic acids is 1. The molecule has 102 valence electrons. The standard InChI is InChI=1S/C15H20N2O2/c16-15(18)11-2-4-13(5-3-11)19-9-1-7-17-8-6-12-10-14(12)17/h2-5,12,14H,1,6-10H2,(H2,16,18)/t12-,14+/m1/s1. The highest BCUT2D eigenvalue weighted by molar-refractivity contribution is 5.92. The summed E-state index contributed by atoms with van der Waals surface area (Å²) in [4.78, 5) is 13.5. The first kappa shape index (κ1) is 12.5. The van der Waals surface area contributed by atoms with Gasteiger partial charge in [0.15, 0.2) is 0 Å². The lowest BCUT2D eigenvalue weighted by molar-refractivity contribution is 0.100. The Morgan fingerprint density at radius 1 is 1.37 bits per heavy atom. The highest BCUT2D eigenvalue weighted by atomic mass is 16.5. The monoisotopic (exact) mass is 260 g/mol. The van der Waals surface area contributed by atoms with Gasteiger partial charge in [0.25, 0.3) is 0 Å². The van der Waals surface area contributed by atoms with Crippen molar-refractivity contribution in [2.24, 2.45) is 11.7 Å². The minimum Gasteiger partial charge on any atom is -0.494 e. The molecule has 1 aliphatic heterocycles. The molecule has 3 rings (SSSR count). The first-order valence-corrected chi connectivity index (χ1v) is 7.01. The van der Waals surface area contributed by atoms with E-state index in [1.54, 1.807) is 24.3 Å². The Bertz CT molecular complexity index is 458. The summed E-state index contributed by atoms with van der Waals surface area (Å²) in [6.45, 7) is 3.13. The van der Waals surface area contributed by atoms with Crippen molar-refractivity contribution >= 4 is 5.91 Å². The molecule has 4 nitrogen and oxygen atoms in total. The number of benzene rings is 1. The second-order valence-electron chi connectivity index (χ2n) is 5.48. The molecule has 1 aliphatic carbocycles. The molecule has 0 unspecified atom stereocenters. The summed E-state index contributed by atoms with van der Waals surface area (Å²) in [7, 11) is 0. The molecule has 2 N–H and O–H groups in total. The molecular formula is C15H20N2O2. The molecule has 1 amide bonds. The van der Waals surface area contributed by atoms with E-state index in [4.69, 9.17) is 10.5 Å². The van der Waals surface area contributed by atoms with Crippen LogP contribution in [0.5, 0.6) is 5.75 Å². The molecule has 1 saturated heterocycles. The predicted molar refractivity (Wildman–Crippen MR) is 73.2 cm³/mol. The summed E-state index contributed by atoms with van der Waals surface area (Å²) in [6.07, 6.45) is 3.86. The van der Waals surface area contributed by atoms with Crippen molar-refractivity contribution in [3.63, 3.8) is 0 Å². The molecule has 0 spiro atoms. The van der Waals surface area contributed by atoms with Crippen LogP contribution in [0.4, 0.5) is 0 Å². The first-order chi connectivity index (χ1) is 9.24. The summed E-state index contributed by atoms with van der Waals surface area (Å²) in [6, 6.07) is 7.88. The summed E-state index contributed by atoms with van der Waals surface area (Å²) < 4.78 is 5.67. The lowest BCUT2D eigenvalue weighted by Gasteiger charge is -2.17. The second-order valence-corrected chi connectivity index (χ2v) is 5.48. The lowest BCUT2D eigenvalue weighted by atomic mass is 10.2. The van der Waals surface area contributed by atoms with Gasteiger partial charge in [-0.3, -0.25) is 9.69 Å². The Hall–Kier alpha value is -1.55. The van der Waals surface area contributed by atoms with E-state index < -0.39 is 5.91 Å². The maximum atomic E-state index is 10.9. The van der Waals surface area contributed by atoms with Gasteiger partial charge in [0, 0.05) is 18.2 Å². The van der Waals surface area contributed by atoms with Crippen LogP contribution in [0.25, 0.3) is 0 Å². The summed E-state index contributed by atoms with van der Waals surface area (Å²) in [5.41, 5.74) is 5.70. The largest absolute Gasteiger partial charge is 0.494 e. The molecule has 19 heavy (non-hydrogen) atoms. The van der Waals surface area contributed by atoms with Crippen LogP contribution in [0.15, 0.2) is 24.3 Å². The molecule has 0 bridgehead atoms. The van der Waals surface area contributed by atoms with Crippen molar-refractivity contribution in [2.45, 2.75) is 25.3 Å². The van der Waals surface area contributed by atoms with Crippen LogP contribution in [0.3, 0.4) is 0 Å². The topological polar surface area (TPSA) is 55.6 Å². The van der Waals surface area contributed by atoms with Gasteiger partial charge in [0.2, 0.25) is 5.91 Å². The quantitative estimate of drug-likeness (QED) is 0.791. The SMILES string of the molecule is NC(=O)c1ccc(OCCCN2CC[C@@H]3C[C@@H]32)cc1. The van der Waals surface area contributed by atoms with Gasteiger partial charge in [0.1, 0.15) is 5.75 Å². The van der Waals surface area contributed by atoms with Crippen LogP contribution in [-0.2, 0) is 0 Å². The van der Waals surface area contributed by atoms with E-state index in [0.29, 0.717) is 5.56 Å². The van der Waals surface area contributed by atoms with Gasteiger partial charge in [-0.15, -0.1) is 0 Å². The van der Waals surface area contributed by atoms with E-state index >= 15 is 0 Å². The number of ether oxygens (including phenoxy) is 1. The number of carbonyl (C=O) groups is 1. The minimum atomic E-state index is -0.403. The molecule has 1 aromatic rings. The van der Waals surface area contributed by atoms with Crippen LogP contribution in [0, 0.1) is 5.92 Å². The van der Waals surface area contributed by atoms with E-state index in [1.807, 2.05) is 0 Å². The molecule has 4 heteroatoms. The number of likely N-dealkylation sites (tertiary alicyclic amines) is 1. The molecule has 1 saturated carbocycles. The van der Waals surface area contributed by atoms with Crippen LogP contribution in [-0.4, -0.2) is 36.5 Å². The van der Waals surface area contributed by atoms with Crippen molar-refractivity contribution in [2.75, 3.05) is 19.7 Å². The third-order valence-electron chi connectivity index (χ3n) is 4.14. The molecule has 0 aromatic heterocycles. The fraction of sp³-hybridized carbons (Fsp3) is 0.533. The van der Waals surface area contributed by atoms with Crippen LogP contribution < -0.4 is 10.5 Å². The third kappa shape index (κ3) is 2.89. The Kier molecular flexibility index (Phi) is 3.42. The van der Waals surface area contributed by atoms with Crippen LogP contribution >= 0.6 is 0 Å². The minimum absolute atomic E-state index is 0.403. The number of rotatable bonds is 6. The van der Waals surface area contributed by atoms with Gasteiger partial charge in [-0.05, 0) is 56.0 Å². The smallest absolute Gasteiger partial charge is 0.248 e. The second kappa shape index (κ2) is 5.21. The number of hydrogen-bond acceptors (Lipinski definition) is 3. The summed E-state index contributed by atoms with van der Waals surface area (Å²) in [5, 5.41) is 0. The first-order valence-electron chi connectivity index (χ1n) is 7.01. The van der Waals surface area contributed by atoms with Crippen molar-refractivity contribution in [3.05, 3.63) is 29.8 Å². The van der Waals surface area contributed by atoms with Gasteiger partial charge >= 0.3 is 0 Å². The van der Waals surface area contributed by atoms with E-state index in [0.717, 1.165) is 37.3 Å². The third-order valence-corrected chi connectivity index (χ3v) is 4.14. The number of primary amides is 1. The number of nitrogens with zero attached hydrogens (tertiary/aromatic N) is 1. The van der Waals surface area contributed by atoms with Gasteiger partial charge in [-0.25, -0.2) is 0 Å². The lowest BCUT2D eigenvalue weighted by Crippen LogP contribution is -2.25. The normalized spacial score (nSPS) is 25.1. The molecule has 2 fully saturated rings. The van der Waals surface area contributed by atoms with Crippen LogP contribution in [0.1, 0.15) is 29.6 Å². The number of piperidine rings is 1. The Morgan fingerprint density at radius 2 is 2.16 bits per heavy atom. The molecular weight excluding hydrogens is 240 g/mol. The van der Waals surface area contributed by atoms with Gasteiger partial charge in [-0.2, -0.15) is 0 Å². The number of nitrogens with two attached hydrogens (primary N) is 1. The molecule has 2 aliphatic rings. The van der Waals surface area contributed by atoms with Gasteiger partial charge in [-0.1, -0.05) is 0 Å². The average molecular weight is 260 g/mol. The Balaban J connectivity index is 1.38. The van der Waals surface area contributed by atoms with Crippen LogP contribution in [0.2, 0.25) is 0 Å². The van der Waals surface area contributed by atoms with Crippen molar-refractivity contribution in [3.8, 4) is 5.75 Å². The fourth-order valence-corrected chi connectivity index (χ4v) is 2.94. The van der Waals surface area contributed by atoms with Gasteiger partial charge in [0.05, 0.1) is 6.61 Å². The highest BCUT2D eigenvalue weighted by Gasteiger charge is 2.46. The van der Waals surface area contributed by atoms with E-state index in [1.165, 1.54) is 19.4 Å². The fourth-order valence-electron chi connectivity index (χ4n) is 2.94. The molecule has 2 atom stereocenters. The number of amides is 1. The van der Waals surface area contributed by atoms with E-state index in [2.05, 4.69) is 4.90 Å². The highest BCUT2D eigenvalue weighted by Crippen LogP contribution is 2.44. The summed E-state index contributed by atoms with van der Waals surface area (Å²) >= 11 is 0. The number of fused-ring (bicyclic) bond motifs is 1. The predicted octanol–water partition coefficient (Wildman–Crippen LogP) is 1.65. The zero-order valence-corrected chi connectivity index (χ0v) is 11.0. The Morgan fingerprint density at radius 3 is 2.74 bits per heavy atom. The maximum absolute atomic E-state index is 10.9. The zero-order valence-electron chi connectivity index (χ0n) is 11.0. The zero-order chi connectivity index (χ0) is 13.2.